The van der Waals surface area contributed by atoms with Gasteiger partial charge in [-0.25, -0.2) is 13.2 Å². The number of hydrogen-bond acceptors (Lipinski definition) is 3. The summed E-state index contributed by atoms with van der Waals surface area (Å²) in [6.07, 6.45) is -0.192. The van der Waals surface area contributed by atoms with Crippen LogP contribution >= 0.6 is 0 Å². The lowest BCUT2D eigenvalue weighted by molar-refractivity contribution is -0.145. The molecule has 1 aromatic carbocycles. The van der Waals surface area contributed by atoms with Crippen LogP contribution in [0.5, 0.6) is 0 Å². The highest BCUT2D eigenvalue weighted by Crippen LogP contribution is 2.30. The third-order valence-electron chi connectivity index (χ3n) is 2.91. The van der Waals surface area contributed by atoms with Crippen molar-refractivity contribution in [3.05, 3.63) is 29.6 Å². The number of ether oxygens (including phenoxy) is 1. The molecule has 1 heterocycles. The molecule has 1 fully saturated rings. The number of halogens is 3. The minimum absolute atomic E-state index is 0.190. The van der Waals surface area contributed by atoms with E-state index in [1.165, 1.54) is 0 Å². The number of hydrogen-bond donors (Lipinski definition) is 0. The predicted molar refractivity (Wildman–Crippen MR) is 58.8 cm³/mol. The third kappa shape index (κ3) is 2.40. The molecule has 0 N–H and O–H groups in total. The van der Waals surface area contributed by atoms with Crippen molar-refractivity contribution in [1.82, 2.24) is 0 Å². The Kier molecular flexibility index (Phi) is 3.46. The predicted octanol–water partition coefficient (Wildman–Crippen LogP) is 1.63. The number of rotatable bonds is 2. The molecule has 0 aliphatic carbocycles. The first kappa shape index (κ1) is 13.4. The summed E-state index contributed by atoms with van der Waals surface area (Å²) in [5, 5.41) is 0. The Balaban J connectivity index is 2.33. The molecule has 1 aliphatic rings. The van der Waals surface area contributed by atoms with Gasteiger partial charge in [0, 0.05) is 25.1 Å². The number of methoxy groups -OCH3 is 1. The van der Waals surface area contributed by atoms with Crippen LogP contribution in [0.1, 0.15) is 6.42 Å². The molecule has 1 saturated heterocycles. The lowest BCUT2D eigenvalue weighted by Crippen LogP contribution is -2.28. The van der Waals surface area contributed by atoms with Gasteiger partial charge in [0.05, 0.1) is 13.0 Å². The molecule has 0 bridgehead atoms. The second kappa shape index (κ2) is 4.91. The van der Waals surface area contributed by atoms with Crippen LogP contribution in [-0.2, 0) is 14.3 Å². The van der Waals surface area contributed by atoms with E-state index in [2.05, 4.69) is 4.74 Å². The molecule has 0 spiro atoms. The van der Waals surface area contributed by atoms with Crippen LogP contribution in [0.3, 0.4) is 0 Å². The van der Waals surface area contributed by atoms with E-state index in [0.29, 0.717) is 12.1 Å². The maximum atomic E-state index is 13.6. The highest BCUT2D eigenvalue weighted by molar-refractivity contribution is 5.99. The Morgan fingerprint density at radius 3 is 2.42 bits per heavy atom. The van der Waals surface area contributed by atoms with Gasteiger partial charge in [-0.1, -0.05) is 0 Å². The van der Waals surface area contributed by atoms with Crippen molar-refractivity contribution in [2.45, 2.75) is 6.42 Å². The normalized spacial score (nSPS) is 18.8. The van der Waals surface area contributed by atoms with E-state index in [-0.39, 0.29) is 13.0 Å². The average molecular weight is 273 g/mol. The second-order valence-corrected chi connectivity index (χ2v) is 4.15. The Labute approximate surface area is 106 Å². The molecule has 1 atom stereocenters. The first-order valence-corrected chi connectivity index (χ1v) is 5.46. The number of carbonyl (C=O) groups excluding carboxylic acids is 2. The summed E-state index contributed by atoms with van der Waals surface area (Å²) in [7, 11) is 1.16. The fourth-order valence-electron chi connectivity index (χ4n) is 2.04. The van der Waals surface area contributed by atoms with E-state index in [1.807, 2.05) is 0 Å². The van der Waals surface area contributed by atoms with E-state index in [0.717, 1.165) is 12.0 Å². The largest absolute Gasteiger partial charge is 0.469 e. The van der Waals surface area contributed by atoms with Crippen molar-refractivity contribution in [3.63, 3.8) is 0 Å². The molecule has 7 heteroatoms. The maximum Gasteiger partial charge on any atom is 0.311 e. The standard InChI is InChI=1S/C12H10F3NO3/c1-19-12(18)6-2-10(17)16(5-6)11-8(14)3-7(13)4-9(11)15/h3-4,6H,2,5H2,1H3. The Morgan fingerprint density at radius 2 is 1.89 bits per heavy atom. The van der Waals surface area contributed by atoms with Crippen molar-refractivity contribution < 1.29 is 27.5 Å². The first-order valence-electron chi connectivity index (χ1n) is 5.46. The van der Waals surface area contributed by atoms with Crippen molar-refractivity contribution in [2.75, 3.05) is 18.6 Å². The fraction of sp³-hybridized carbons (Fsp3) is 0.333. The van der Waals surface area contributed by atoms with E-state index in [1.54, 1.807) is 0 Å². The number of esters is 1. The van der Waals surface area contributed by atoms with E-state index < -0.39 is 40.9 Å². The van der Waals surface area contributed by atoms with Crippen molar-refractivity contribution in [3.8, 4) is 0 Å². The molecule has 0 aromatic heterocycles. The van der Waals surface area contributed by atoms with Crippen molar-refractivity contribution >= 4 is 17.6 Å². The van der Waals surface area contributed by atoms with E-state index in [4.69, 9.17) is 0 Å². The number of amides is 1. The molecule has 1 amide bonds. The summed E-state index contributed by atoms with van der Waals surface area (Å²) in [6.45, 7) is -0.190. The highest BCUT2D eigenvalue weighted by atomic mass is 19.1. The monoisotopic (exact) mass is 273 g/mol. The lowest BCUT2D eigenvalue weighted by atomic mass is 10.1. The molecule has 102 valence electrons. The van der Waals surface area contributed by atoms with Gasteiger partial charge in [0.1, 0.15) is 11.5 Å². The van der Waals surface area contributed by atoms with Gasteiger partial charge < -0.3 is 9.64 Å². The van der Waals surface area contributed by atoms with Crippen LogP contribution in [-0.4, -0.2) is 25.5 Å². The van der Waals surface area contributed by atoms with E-state index >= 15 is 0 Å². The molecule has 2 rings (SSSR count). The average Bonchev–Trinajstić information content (AvgIpc) is 2.69. The zero-order valence-electron chi connectivity index (χ0n) is 9.95. The molecule has 1 aromatic rings. The van der Waals surface area contributed by atoms with Gasteiger partial charge in [0.25, 0.3) is 0 Å². The van der Waals surface area contributed by atoms with Gasteiger partial charge in [-0.05, 0) is 0 Å². The van der Waals surface area contributed by atoms with Gasteiger partial charge in [-0.3, -0.25) is 9.59 Å². The second-order valence-electron chi connectivity index (χ2n) is 4.15. The summed E-state index contributed by atoms with van der Waals surface area (Å²) in [6, 6.07) is 0.967. The minimum atomic E-state index is -1.18. The highest BCUT2D eigenvalue weighted by Gasteiger charge is 2.38. The molecule has 0 saturated carbocycles. The van der Waals surface area contributed by atoms with E-state index in [9.17, 15) is 22.8 Å². The first-order chi connectivity index (χ1) is 8.93. The molecule has 1 unspecified atom stereocenters. The minimum Gasteiger partial charge on any atom is -0.469 e. The van der Waals surface area contributed by atoms with Gasteiger partial charge >= 0.3 is 5.97 Å². The third-order valence-corrected chi connectivity index (χ3v) is 2.91. The maximum absolute atomic E-state index is 13.6. The summed E-state index contributed by atoms with van der Waals surface area (Å²) in [5.74, 6) is -5.46. The number of anilines is 1. The number of nitrogens with zero attached hydrogens (tertiary/aromatic N) is 1. The van der Waals surface area contributed by atoms with Gasteiger partial charge in [0.15, 0.2) is 11.6 Å². The van der Waals surface area contributed by atoms with Crippen LogP contribution < -0.4 is 4.90 Å². The molecule has 1 aliphatic heterocycles. The van der Waals surface area contributed by atoms with Crippen LogP contribution in [0.4, 0.5) is 18.9 Å². The SMILES string of the molecule is COC(=O)C1CC(=O)N(c2c(F)cc(F)cc2F)C1. The molecule has 4 nitrogen and oxygen atoms in total. The summed E-state index contributed by atoms with van der Waals surface area (Å²) < 4.78 is 44.4. The van der Waals surface area contributed by atoms with Gasteiger partial charge in [-0.15, -0.1) is 0 Å². The smallest absolute Gasteiger partial charge is 0.311 e. The van der Waals surface area contributed by atoms with Crippen LogP contribution in [0.2, 0.25) is 0 Å². The summed E-state index contributed by atoms with van der Waals surface area (Å²) in [5.41, 5.74) is -0.641. The van der Waals surface area contributed by atoms with Crippen molar-refractivity contribution in [2.24, 2.45) is 5.92 Å². The molecule has 0 radical (unpaired) electrons. The zero-order chi connectivity index (χ0) is 14.2. The van der Waals surface area contributed by atoms with Crippen LogP contribution in [0.25, 0.3) is 0 Å². The Hall–Kier alpha value is -2.05. The molecular formula is C12H10F3NO3. The number of benzene rings is 1. The topological polar surface area (TPSA) is 46.6 Å². The quantitative estimate of drug-likeness (QED) is 0.769. The summed E-state index contributed by atoms with van der Waals surface area (Å²) in [4.78, 5) is 23.8. The molecule has 19 heavy (non-hydrogen) atoms. The van der Waals surface area contributed by atoms with Crippen molar-refractivity contribution in [1.29, 1.82) is 0 Å². The Morgan fingerprint density at radius 1 is 1.32 bits per heavy atom. The van der Waals surface area contributed by atoms with Crippen LogP contribution in [0.15, 0.2) is 12.1 Å². The van der Waals surface area contributed by atoms with Gasteiger partial charge in [-0.2, -0.15) is 0 Å². The Bertz CT molecular complexity index is 524. The van der Waals surface area contributed by atoms with Crippen LogP contribution in [0, 0.1) is 23.4 Å². The zero-order valence-corrected chi connectivity index (χ0v) is 9.95. The number of carbonyl (C=O) groups is 2. The van der Waals surface area contributed by atoms with Gasteiger partial charge in [0.2, 0.25) is 5.91 Å². The fourth-order valence-corrected chi connectivity index (χ4v) is 2.04. The molecular weight excluding hydrogens is 263 g/mol. The lowest BCUT2D eigenvalue weighted by Gasteiger charge is -2.17. The summed E-state index contributed by atoms with van der Waals surface area (Å²) >= 11 is 0.